The molecule has 0 aromatic heterocycles. The molecule has 2 N–H and O–H groups in total. The van der Waals surface area contributed by atoms with Crippen LogP contribution < -0.4 is 10.6 Å². The molecule has 3 nitrogen and oxygen atoms in total. The number of aliphatic imine (C=N–C) groups is 1. The summed E-state index contributed by atoms with van der Waals surface area (Å²) in [5, 5.41) is 20.3. The second-order valence-corrected chi connectivity index (χ2v) is 17.8. The van der Waals surface area contributed by atoms with Crippen LogP contribution in [0, 0.1) is 5.41 Å². The second kappa shape index (κ2) is 13.1. The quantitative estimate of drug-likeness (QED) is 0.175. The van der Waals surface area contributed by atoms with E-state index in [1.54, 1.807) is 0 Å². The van der Waals surface area contributed by atoms with Crippen molar-refractivity contribution in [2.75, 3.05) is 0 Å². The van der Waals surface area contributed by atoms with E-state index < -0.39 is 0 Å². The van der Waals surface area contributed by atoms with Crippen molar-refractivity contribution in [1.82, 2.24) is 10.6 Å². The molecule has 1 heterocycles. The zero-order valence-corrected chi connectivity index (χ0v) is 34.1. The minimum Gasteiger partial charge on any atom is -0.350 e. The van der Waals surface area contributed by atoms with Crippen LogP contribution in [0.15, 0.2) is 193 Å². The van der Waals surface area contributed by atoms with Crippen LogP contribution in [0.4, 0.5) is 0 Å². The van der Waals surface area contributed by atoms with Crippen LogP contribution in [0.25, 0.3) is 65.0 Å². The molecule has 0 spiro atoms. The molecule has 60 heavy (non-hydrogen) atoms. The lowest BCUT2D eigenvalue weighted by Crippen LogP contribution is -2.45. The smallest absolute Gasteiger partial charge is 0.132 e. The summed E-state index contributed by atoms with van der Waals surface area (Å²) in [5.74, 6) is 1.23. The molecule has 3 heteroatoms. The van der Waals surface area contributed by atoms with Gasteiger partial charge in [-0.2, -0.15) is 0 Å². The third kappa shape index (κ3) is 5.15. The van der Waals surface area contributed by atoms with Crippen LogP contribution in [0.2, 0.25) is 0 Å². The first kappa shape index (κ1) is 35.2. The Morgan fingerprint density at radius 1 is 0.483 bits per heavy atom. The molecule has 0 bridgehead atoms. The van der Waals surface area contributed by atoms with E-state index in [2.05, 4.69) is 220 Å². The molecule has 1 aliphatic heterocycles. The van der Waals surface area contributed by atoms with Crippen LogP contribution in [-0.2, 0) is 5.41 Å². The molecule has 0 saturated heterocycles. The maximum Gasteiger partial charge on any atom is 0.132 e. The van der Waals surface area contributed by atoms with E-state index in [1.807, 2.05) is 0 Å². The van der Waals surface area contributed by atoms with Gasteiger partial charge in [0.25, 0.3) is 0 Å². The first-order valence-electron chi connectivity index (χ1n) is 21.3. The van der Waals surface area contributed by atoms with E-state index in [9.17, 15) is 0 Å². The standard InChI is InChI=1S/C57H45N3/c1-56(2)52-46(20-12-22-48(52)51-23-8-9-32-57(51,56)3)44-18-10-19-45-43(44)17-11-21-47(45)55-59-53(39-30-28-37-26-24-35-13-4-6-15-41(35)49(37)33-39)58-54(60-55)40-31-29-38-27-25-36-14-5-7-16-42(36)50(38)34-40/h4-34,51,53-54,58H,1-3H3,(H,59,60). The number of rotatable bonds is 4. The molecule has 4 atom stereocenters. The number of allylic oxidation sites excluding steroid dienone is 4. The van der Waals surface area contributed by atoms with Crippen LogP contribution in [0.5, 0.6) is 0 Å². The number of nitrogens with one attached hydrogen (secondary N) is 2. The third-order valence-electron chi connectivity index (χ3n) is 14.4. The highest BCUT2D eigenvalue weighted by Crippen LogP contribution is 2.63. The van der Waals surface area contributed by atoms with Crippen molar-refractivity contribution in [2.24, 2.45) is 10.4 Å². The number of hydrogen-bond acceptors (Lipinski definition) is 3. The number of amidine groups is 1. The fraction of sp³-hybridized carbons (Fsp3) is 0.140. The average molecular weight is 772 g/mol. The fourth-order valence-electron chi connectivity index (χ4n) is 11.0. The molecule has 0 radical (unpaired) electrons. The molecular formula is C57H45N3. The first-order chi connectivity index (χ1) is 29.4. The van der Waals surface area contributed by atoms with Crippen molar-refractivity contribution in [3.63, 3.8) is 0 Å². The van der Waals surface area contributed by atoms with Gasteiger partial charge in [0.1, 0.15) is 18.2 Å². The summed E-state index contributed by atoms with van der Waals surface area (Å²) in [6.07, 6.45) is 8.81. The minimum atomic E-state index is -0.292. The van der Waals surface area contributed by atoms with E-state index in [-0.39, 0.29) is 23.2 Å². The lowest BCUT2D eigenvalue weighted by atomic mass is 9.62. The largest absolute Gasteiger partial charge is 0.350 e. The van der Waals surface area contributed by atoms with Crippen LogP contribution in [0.3, 0.4) is 0 Å². The van der Waals surface area contributed by atoms with Gasteiger partial charge in [-0.15, -0.1) is 0 Å². The molecule has 4 unspecified atom stereocenters. The highest BCUT2D eigenvalue weighted by atomic mass is 15.3. The maximum atomic E-state index is 5.57. The number of benzene rings is 9. The van der Waals surface area contributed by atoms with E-state index in [1.165, 1.54) is 81.7 Å². The summed E-state index contributed by atoms with van der Waals surface area (Å²) < 4.78 is 0. The van der Waals surface area contributed by atoms with Crippen molar-refractivity contribution in [3.05, 3.63) is 216 Å². The monoisotopic (exact) mass is 771 g/mol. The van der Waals surface area contributed by atoms with Gasteiger partial charge >= 0.3 is 0 Å². The minimum absolute atomic E-state index is 0.00218. The molecule has 9 aromatic carbocycles. The molecule has 3 aliphatic rings. The molecule has 0 fully saturated rings. The van der Waals surface area contributed by atoms with Gasteiger partial charge in [0.2, 0.25) is 0 Å². The zero-order valence-electron chi connectivity index (χ0n) is 34.1. The van der Waals surface area contributed by atoms with Gasteiger partial charge in [0.15, 0.2) is 0 Å². The maximum absolute atomic E-state index is 5.57. The predicted octanol–water partition coefficient (Wildman–Crippen LogP) is 14.0. The Morgan fingerprint density at radius 2 is 1.03 bits per heavy atom. The molecule has 2 aliphatic carbocycles. The van der Waals surface area contributed by atoms with Crippen molar-refractivity contribution in [2.45, 2.75) is 44.4 Å². The molecule has 288 valence electrons. The van der Waals surface area contributed by atoms with E-state index >= 15 is 0 Å². The van der Waals surface area contributed by atoms with Crippen molar-refractivity contribution in [1.29, 1.82) is 0 Å². The Labute approximate surface area is 350 Å². The number of fused-ring (bicyclic) bond motifs is 10. The normalized spacial score (nSPS) is 21.6. The SMILES string of the molecule is CC1(C)c2c(-c3cccc4c(C5=NC(c6ccc7ccc8ccccc8c7c6)NC(c6ccc7ccc8ccccc8c7c6)N5)cccc34)cccc2C2C=CC=CC21C. The Balaban J connectivity index is 1.03. The van der Waals surface area contributed by atoms with E-state index in [4.69, 9.17) is 4.99 Å². The Morgan fingerprint density at radius 3 is 1.75 bits per heavy atom. The number of nitrogens with zero attached hydrogens (tertiary/aromatic N) is 1. The Hall–Kier alpha value is -6.81. The van der Waals surface area contributed by atoms with Crippen molar-refractivity contribution in [3.8, 4) is 11.1 Å². The lowest BCUT2D eigenvalue weighted by molar-refractivity contribution is 0.245. The Bertz CT molecular complexity index is 3350. The predicted molar refractivity (Wildman–Crippen MR) is 253 cm³/mol. The second-order valence-electron chi connectivity index (χ2n) is 17.8. The molecule has 0 amide bonds. The van der Waals surface area contributed by atoms with Gasteiger partial charge in [0, 0.05) is 22.3 Å². The van der Waals surface area contributed by atoms with E-state index in [0.717, 1.165) is 17.0 Å². The topological polar surface area (TPSA) is 36.4 Å². The zero-order chi connectivity index (χ0) is 40.2. The molecule has 0 saturated carbocycles. The summed E-state index contributed by atoms with van der Waals surface area (Å²) in [6.45, 7) is 7.32. The highest BCUT2D eigenvalue weighted by molar-refractivity contribution is 6.14. The summed E-state index contributed by atoms with van der Waals surface area (Å²) in [7, 11) is 0. The third-order valence-corrected chi connectivity index (χ3v) is 14.4. The van der Waals surface area contributed by atoms with Crippen molar-refractivity contribution < 1.29 is 0 Å². The fourth-order valence-corrected chi connectivity index (χ4v) is 11.0. The van der Waals surface area contributed by atoms with Crippen LogP contribution in [0.1, 0.15) is 66.8 Å². The highest BCUT2D eigenvalue weighted by Gasteiger charge is 2.54. The molecular weight excluding hydrogens is 727 g/mol. The van der Waals surface area contributed by atoms with E-state index in [0.29, 0.717) is 5.92 Å². The van der Waals surface area contributed by atoms with Crippen molar-refractivity contribution >= 4 is 59.7 Å². The van der Waals surface area contributed by atoms with Gasteiger partial charge in [-0.3, -0.25) is 5.32 Å². The summed E-state index contributed by atoms with van der Waals surface area (Å²) in [6, 6.07) is 60.5. The summed E-state index contributed by atoms with van der Waals surface area (Å²) in [4.78, 5) is 5.57. The van der Waals surface area contributed by atoms with Crippen LogP contribution >= 0.6 is 0 Å². The van der Waals surface area contributed by atoms with Gasteiger partial charge in [0.05, 0.1) is 0 Å². The first-order valence-corrected chi connectivity index (χ1v) is 21.3. The summed E-state index contributed by atoms with van der Waals surface area (Å²) >= 11 is 0. The number of hydrogen-bond donors (Lipinski definition) is 2. The van der Waals surface area contributed by atoms with Gasteiger partial charge in [-0.1, -0.05) is 197 Å². The average Bonchev–Trinajstić information content (AvgIpc) is 3.49. The molecule has 12 rings (SSSR count). The van der Waals surface area contributed by atoms with Gasteiger partial charge in [-0.05, 0) is 99.4 Å². The lowest BCUT2D eigenvalue weighted by Gasteiger charge is -2.41. The van der Waals surface area contributed by atoms with Gasteiger partial charge in [-0.25, -0.2) is 4.99 Å². The van der Waals surface area contributed by atoms with Crippen LogP contribution in [-0.4, -0.2) is 5.84 Å². The molecule has 9 aromatic rings. The Kier molecular flexibility index (Phi) is 7.67. The van der Waals surface area contributed by atoms with Gasteiger partial charge < -0.3 is 5.32 Å². The summed E-state index contributed by atoms with van der Waals surface area (Å²) in [5.41, 5.74) is 8.81.